The van der Waals surface area contributed by atoms with Crippen LogP contribution in [0.15, 0.2) is 47.4 Å². The lowest BCUT2D eigenvalue weighted by Gasteiger charge is -2.09. The summed E-state index contributed by atoms with van der Waals surface area (Å²) < 4.78 is 0. The van der Waals surface area contributed by atoms with Gasteiger partial charge in [-0.05, 0) is 55.6 Å². The molecule has 19 heavy (non-hydrogen) atoms. The molecule has 0 saturated carbocycles. The molecular formula is C15H16N2OS. The lowest BCUT2D eigenvalue weighted by Crippen LogP contribution is -2.01. The third-order valence-electron chi connectivity index (χ3n) is 2.81. The lowest BCUT2D eigenvalue weighted by molar-refractivity contribution is 0.101. The number of rotatable bonds is 4. The van der Waals surface area contributed by atoms with Crippen molar-refractivity contribution in [2.45, 2.75) is 11.8 Å². The van der Waals surface area contributed by atoms with Gasteiger partial charge in [-0.15, -0.1) is 11.8 Å². The second-order valence-electron chi connectivity index (χ2n) is 4.21. The SMILES string of the molecule is CSc1ccc(Nc2ccc(N)c(C(C)=O)c2)cc1. The summed E-state index contributed by atoms with van der Waals surface area (Å²) in [6, 6.07) is 13.5. The number of ketones is 1. The van der Waals surface area contributed by atoms with E-state index in [0.717, 1.165) is 11.4 Å². The molecule has 2 aromatic carbocycles. The molecule has 3 nitrogen and oxygen atoms in total. The molecule has 98 valence electrons. The monoisotopic (exact) mass is 272 g/mol. The summed E-state index contributed by atoms with van der Waals surface area (Å²) >= 11 is 1.70. The van der Waals surface area contributed by atoms with E-state index >= 15 is 0 Å². The van der Waals surface area contributed by atoms with E-state index in [1.807, 2.05) is 24.5 Å². The number of carbonyl (C=O) groups is 1. The average Bonchev–Trinajstić information content (AvgIpc) is 2.41. The van der Waals surface area contributed by atoms with Crippen LogP contribution in [-0.4, -0.2) is 12.0 Å². The van der Waals surface area contributed by atoms with Crippen molar-refractivity contribution in [1.82, 2.24) is 0 Å². The highest BCUT2D eigenvalue weighted by molar-refractivity contribution is 7.98. The van der Waals surface area contributed by atoms with Gasteiger partial charge in [0.1, 0.15) is 0 Å². The van der Waals surface area contributed by atoms with Crippen LogP contribution in [0, 0.1) is 0 Å². The van der Waals surface area contributed by atoms with Crippen molar-refractivity contribution in [3.05, 3.63) is 48.0 Å². The summed E-state index contributed by atoms with van der Waals surface area (Å²) in [5.41, 5.74) is 8.67. The highest BCUT2D eigenvalue weighted by Gasteiger charge is 2.06. The fourth-order valence-corrected chi connectivity index (χ4v) is 2.19. The molecule has 0 saturated heterocycles. The molecule has 0 amide bonds. The van der Waals surface area contributed by atoms with Gasteiger partial charge in [-0.3, -0.25) is 4.79 Å². The molecule has 4 heteroatoms. The van der Waals surface area contributed by atoms with Crippen LogP contribution in [0.4, 0.5) is 17.1 Å². The van der Waals surface area contributed by atoms with E-state index in [0.29, 0.717) is 11.3 Å². The first-order valence-electron chi connectivity index (χ1n) is 5.91. The molecule has 0 aromatic heterocycles. The maximum atomic E-state index is 11.4. The van der Waals surface area contributed by atoms with Crippen molar-refractivity contribution in [2.24, 2.45) is 0 Å². The van der Waals surface area contributed by atoms with Crippen molar-refractivity contribution < 1.29 is 4.79 Å². The standard InChI is InChI=1S/C15H16N2OS/c1-10(18)14-9-12(5-8-15(14)16)17-11-3-6-13(19-2)7-4-11/h3-9,17H,16H2,1-2H3. The summed E-state index contributed by atoms with van der Waals surface area (Å²) in [7, 11) is 0. The molecule has 0 fully saturated rings. The number of carbonyl (C=O) groups excluding carboxylic acids is 1. The Balaban J connectivity index is 2.22. The van der Waals surface area contributed by atoms with Crippen LogP contribution in [0.5, 0.6) is 0 Å². The molecule has 0 aliphatic carbocycles. The van der Waals surface area contributed by atoms with Crippen LogP contribution in [0.3, 0.4) is 0 Å². The Labute approximate surface area is 117 Å². The second-order valence-corrected chi connectivity index (χ2v) is 5.09. The zero-order valence-electron chi connectivity index (χ0n) is 10.9. The van der Waals surface area contributed by atoms with Gasteiger partial charge in [0.15, 0.2) is 5.78 Å². The minimum absolute atomic E-state index is 0.0288. The molecule has 2 aromatic rings. The minimum atomic E-state index is -0.0288. The molecular weight excluding hydrogens is 256 g/mol. The topological polar surface area (TPSA) is 55.1 Å². The summed E-state index contributed by atoms with van der Waals surface area (Å²) in [6.07, 6.45) is 2.04. The fourth-order valence-electron chi connectivity index (χ4n) is 1.78. The van der Waals surface area contributed by atoms with Crippen LogP contribution in [0.25, 0.3) is 0 Å². The number of hydrogen-bond donors (Lipinski definition) is 2. The van der Waals surface area contributed by atoms with Gasteiger partial charge in [0.05, 0.1) is 0 Å². The maximum Gasteiger partial charge on any atom is 0.161 e. The van der Waals surface area contributed by atoms with Gasteiger partial charge in [-0.1, -0.05) is 0 Å². The van der Waals surface area contributed by atoms with E-state index in [4.69, 9.17) is 5.73 Å². The van der Waals surface area contributed by atoms with Gasteiger partial charge in [0.25, 0.3) is 0 Å². The number of Topliss-reactive ketones (excluding diaryl/α,β-unsaturated/α-hetero) is 1. The third kappa shape index (κ3) is 3.29. The summed E-state index contributed by atoms with van der Waals surface area (Å²) in [4.78, 5) is 12.7. The number of hydrogen-bond acceptors (Lipinski definition) is 4. The fraction of sp³-hybridized carbons (Fsp3) is 0.133. The highest BCUT2D eigenvalue weighted by Crippen LogP contribution is 2.23. The van der Waals surface area contributed by atoms with Crippen LogP contribution in [0.1, 0.15) is 17.3 Å². The first-order valence-corrected chi connectivity index (χ1v) is 7.14. The van der Waals surface area contributed by atoms with Gasteiger partial charge in [0.2, 0.25) is 0 Å². The van der Waals surface area contributed by atoms with Crippen molar-refractivity contribution in [2.75, 3.05) is 17.3 Å². The Hall–Kier alpha value is -1.94. The predicted octanol–water partition coefficient (Wildman–Crippen LogP) is 3.94. The van der Waals surface area contributed by atoms with E-state index < -0.39 is 0 Å². The van der Waals surface area contributed by atoms with Crippen LogP contribution in [-0.2, 0) is 0 Å². The number of nitrogens with two attached hydrogens (primary N) is 1. The number of benzene rings is 2. The molecule has 0 aliphatic heterocycles. The predicted molar refractivity (Wildman–Crippen MR) is 82.4 cm³/mol. The van der Waals surface area contributed by atoms with Gasteiger partial charge in [-0.25, -0.2) is 0 Å². The highest BCUT2D eigenvalue weighted by atomic mass is 32.2. The van der Waals surface area contributed by atoms with Crippen LogP contribution in [0.2, 0.25) is 0 Å². The first kappa shape index (κ1) is 13.5. The Morgan fingerprint density at radius 1 is 1.11 bits per heavy atom. The summed E-state index contributed by atoms with van der Waals surface area (Å²) in [5, 5.41) is 3.26. The third-order valence-corrected chi connectivity index (χ3v) is 3.55. The molecule has 0 heterocycles. The smallest absolute Gasteiger partial charge is 0.161 e. The molecule has 0 atom stereocenters. The summed E-state index contributed by atoms with van der Waals surface area (Å²) in [6.45, 7) is 1.52. The maximum absolute atomic E-state index is 11.4. The molecule has 0 aliphatic rings. The Kier molecular flexibility index (Phi) is 4.12. The lowest BCUT2D eigenvalue weighted by atomic mass is 10.1. The van der Waals surface area contributed by atoms with E-state index in [2.05, 4.69) is 17.4 Å². The Morgan fingerprint density at radius 3 is 2.32 bits per heavy atom. The Bertz CT molecular complexity index is 594. The largest absolute Gasteiger partial charge is 0.398 e. The van der Waals surface area contributed by atoms with Crippen molar-refractivity contribution in [1.29, 1.82) is 0 Å². The number of nitrogen functional groups attached to an aromatic ring is 1. The van der Waals surface area contributed by atoms with Gasteiger partial charge in [0, 0.05) is 27.5 Å². The summed E-state index contributed by atoms with van der Waals surface area (Å²) in [5.74, 6) is -0.0288. The number of anilines is 3. The number of nitrogens with one attached hydrogen (secondary N) is 1. The van der Waals surface area contributed by atoms with E-state index in [1.165, 1.54) is 11.8 Å². The molecule has 0 spiro atoms. The number of thioether (sulfide) groups is 1. The van der Waals surface area contributed by atoms with Gasteiger partial charge in [-0.2, -0.15) is 0 Å². The zero-order chi connectivity index (χ0) is 13.8. The van der Waals surface area contributed by atoms with E-state index in [-0.39, 0.29) is 5.78 Å². The quantitative estimate of drug-likeness (QED) is 0.503. The molecule has 3 N–H and O–H groups in total. The van der Waals surface area contributed by atoms with E-state index in [1.54, 1.807) is 23.9 Å². The van der Waals surface area contributed by atoms with E-state index in [9.17, 15) is 4.79 Å². The van der Waals surface area contributed by atoms with Gasteiger partial charge >= 0.3 is 0 Å². The molecule has 2 rings (SSSR count). The Morgan fingerprint density at radius 2 is 1.74 bits per heavy atom. The zero-order valence-corrected chi connectivity index (χ0v) is 11.8. The minimum Gasteiger partial charge on any atom is -0.398 e. The molecule has 0 bridgehead atoms. The van der Waals surface area contributed by atoms with Crippen molar-refractivity contribution in [3.8, 4) is 0 Å². The average molecular weight is 272 g/mol. The normalized spacial score (nSPS) is 10.2. The molecule has 0 unspecified atom stereocenters. The van der Waals surface area contributed by atoms with Gasteiger partial charge < -0.3 is 11.1 Å². The second kappa shape index (κ2) is 5.80. The van der Waals surface area contributed by atoms with Crippen LogP contribution < -0.4 is 11.1 Å². The first-order chi connectivity index (χ1) is 9.10. The van der Waals surface area contributed by atoms with Crippen LogP contribution >= 0.6 is 11.8 Å². The van der Waals surface area contributed by atoms with Crippen molar-refractivity contribution in [3.63, 3.8) is 0 Å². The van der Waals surface area contributed by atoms with Crippen molar-refractivity contribution >= 4 is 34.6 Å². The molecule has 0 radical (unpaired) electrons.